The van der Waals surface area contributed by atoms with E-state index in [2.05, 4.69) is 0 Å². The van der Waals surface area contributed by atoms with Gasteiger partial charge in [0.15, 0.2) is 0 Å². The number of aliphatic carboxylic acids is 1. The lowest BCUT2D eigenvalue weighted by Crippen LogP contribution is -2.44. The maximum Gasteiger partial charge on any atom is 0.304 e. The van der Waals surface area contributed by atoms with Crippen LogP contribution in [0.3, 0.4) is 0 Å². The minimum Gasteiger partial charge on any atom is -0.481 e. The van der Waals surface area contributed by atoms with Crippen LogP contribution in [0.1, 0.15) is 27.2 Å². The predicted molar refractivity (Wildman–Crippen MR) is 65.9 cm³/mol. The molecule has 0 aliphatic heterocycles. The number of carbonyl (C=O) groups is 1. The lowest BCUT2D eigenvalue weighted by molar-refractivity contribution is -0.137. The number of nitrogens with zero attached hydrogens (tertiary/aromatic N) is 2. The maximum atomic E-state index is 12.1. The van der Waals surface area contributed by atoms with Crippen LogP contribution in [-0.4, -0.2) is 54.8 Å². The van der Waals surface area contributed by atoms with Gasteiger partial charge in [-0.15, -0.1) is 0 Å². The molecule has 0 saturated heterocycles. The molecular formula is C10H22N2O4S. The van der Waals surface area contributed by atoms with E-state index in [0.717, 1.165) is 4.31 Å². The summed E-state index contributed by atoms with van der Waals surface area (Å²) in [5.74, 6) is -0.767. The number of hydrogen-bond donors (Lipinski definition) is 1. The molecule has 0 heterocycles. The summed E-state index contributed by atoms with van der Waals surface area (Å²) in [6, 6.07) is 0. The van der Waals surface area contributed by atoms with Crippen molar-refractivity contribution in [2.75, 3.05) is 26.7 Å². The van der Waals surface area contributed by atoms with E-state index in [1.54, 1.807) is 6.92 Å². The molecule has 0 atom stereocenters. The normalized spacial score (nSPS) is 12.6. The highest BCUT2D eigenvalue weighted by molar-refractivity contribution is 7.86. The van der Waals surface area contributed by atoms with Gasteiger partial charge in [0.05, 0.1) is 6.42 Å². The van der Waals surface area contributed by atoms with Gasteiger partial charge in [0.1, 0.15) is 0 Å². The second-order valence-electron chi connectivity index (χ2n) is 4.32. The van der Waals surface area contributed by atoms with Gasteiger partial charge in [0.25, 0.3) is 10.2 Å². The molecule has 0 saturated carbocycles. The Morgan fingerprint density at radius 1 is 1.35 bits per heavy atom. The third-order valence-electron chi connectivity index (χ3n) is 2.28. The quantitative estimate of drug-likeness (QED) is 0.698. The maximum absolute atomic E-state index is 12.1. The topological polar surface area (TPSA) is 77.9 Å². The Balaban J connectivity index is 4.66. The van der Waals surface area contributed by atoms with Crippen LogP contribution in [-0.2, 0) is 15.0 Å². The van der Waals surface area contributed by atoms with Gasteiger partial charge in [-0.1, -0.05) is 20.8 Å². The molecule has 0 bridgehead atoms. The van der Waals surface area contributed by atoms with Crippen molar-refractivity contribution in [3.05, 3.63) is 0 Å². The average Bonchev–Trinajstić information content (AvgIpc) is 2.21. The fraction of sp³-hybridized carbons (Fsp3) is 0.900. The van der Waals surface area contributed by atoms with Crippen molar-refractivity contribution >= 4 is 16.2 Å². The molecule has 0 aliphatic rings. The molecule has 0 aromatic heterocycles. The van der Waals surface area contributed by atoms with Crippen molar-refractivity contribution < 1.29 is 18.3 Å². The zero-order valence-electron chi connectivity index (χ0n) is 10.9. The van der Waals surface area contributed by atoms with E-state index >= 15 is 0 Å². The lowest BCUT2D eigenvalue weighted by Gasteiger charge is -2.27. The average molecular weight is 266 g/mol. The van der Waals surface area contributed by atoms with Gasteiger partial charge in [0, 0.05) is 26.7 Å². The molecule has 0 fully saturated rings. The summed E-state index contributed by atoms with van der Waals surface area (Å²) in [5, 5.41) is 8.53. The molecule has 0 radical (unpaired) electrons. The van der Waals surface area contributed by atoms with E-state index in [0.29, 0.717) is 13.1 Å². The van der Waals surface area contributed by atoms with E-state index in [1.807, 2.05) is 13.8 Å². The Bertz CT molecular complexity index is 340. The van der Waals surface area contributed by atoms with Crippen LogP contribution in [0.15, 0.2) is 0 Å². The molecule has 1 N–H and O–H groups in total. The van der Waals surface area contributed by atoms with Crippen LogP contribution >= 0.6 is 0 Å². The van der Waals surface area contributed by atoms with Crippen LogP contribution in [0, 0.1) is 5.92 Å². The third-order valence-corrected chi connectivity index (χ3v) is 4.31. The molecular weight excluding hydrogens is 244 g/mol. The van der Waals surface area contributed by atoms with Gasteiger partial charge in [-0.25, -0.2) is 0 Å². The number of carboxylic acids is 1. The lowest BCUT2D eigenvalue weighted by atomic mass is 10.2. The van der Waals surface area contributed by atoms with E-state index in [9.17, 15) is 13.2 Å². The molecule has 0 amide bonds. The predicted octanol–water partition coefficient (Wildman–Crippen LogP) is 0.616. The molecule has 0 spiro atoms. The summed E-state index contributed by atoms with van der Waals surface area (Å²) in [4.78, 5) is 10.4. The Labute approximate surface area is 103 Å². The smallest absolute Gasteiger partial charge is 0.304 e. The van der Waals surface area contributed by atoms with E-state index in [-0.39, 0.29) is 18.9 Å². The van der Waals surface area contributed by atoms with Crippen LogP contribution in [0.2, 0.25) is 0 Å². The van der Waals surface area contributed by atoms with Crippen LogP contribution in [0.25, 0.3) is 0 Å². The van der Waals surface area contributed by atoms with E-state index in [1.165, 1.54) is 11.4 Å². The highest BCUT2D eigenvalue weighted by atomic mass is 32.2. The van der Waals surface area contributed by atoms with E-state index < -0.39 is 16.2 Å². The minimum absolute atomic E-state index is 0.00768. The highest BCUT2D eigenvalue weighted by Crippen LogP contribution is 2.09. The molecule has 0 aromatic rings. The summed E-state index contributed by atoms with van der Waals surface area (Å²) < 4.78 is 26.6. The number of rotatable bonds is 8. The Hall–Kier alpha value is -0.660. The highest BCUT2D eigenvalue weighted by Gasteiger charge is 2.26. The second-order valence-corrected chi connectivity index (χ2v) is 6.35. The zero-order valence-corrected chi connectivity index (χ0v) is 11.7. The van der Waals surface area contributed by atoms with Crippen LogP contribution in [0.4, 0.5) is 0 Å². The Kier molecular flexibility index (Phi) is 6.66. The summed E-state index contributed by atoms with van der Waals surface area (Å²) in [7, 11) is -2.13. The van der Waals surface area contributed by atoms with Crippen molar-refractivity contribution in [1.82, 2.24) is 8.61 Å². The van der Waals surface area contributed by atoms with Crippen LogP contribution in [0.5, 0.6) is 0 Å². The fourth-order valence-electron chi connectivity index (χ4n) is 1.36. The second kappa shape index (κ2) is 6.93. The Morgan fingerprint density at radius 2 is 1.88 bits per heavy atom. The fourth-order valence-corrected chi connectivity index (χ4v) is 2.89. The standard InChI is InChI=1S/C10H22N2O4S/c1-5-12(8-9(2)3)17(15,16)11(4)7-6-10(13)14/h9H,5-8H2,1-4H3,(H,13,14). The first-order valence-corrected chi connectivity index (χ1v) is 7.04. The number of carboxylic acid groups (broad SMARTS) is 1. The van der Waals surface area contributed by atoms with Crippen molar-refractivity contribution in [2.45, 2.75) is 27.2 Å². The molecule has 0 unspecified atom stereocenters. The molecule has 17 heavy (non-hydrogen) atoms. The monoisotopic (exact) mass is 266 g/mol. The third kappa shape index (κ3) is 5.47. The van der Waals surface area contributed by atoms with Crippen molar-refractivity contribution in [3.63, 3.8) is 0 Å². The zero-order chi connectivity index (χ0) is 13.6. The summed E-state index contributed by atoms with van der Waals surface area (Å²) in [6.45, 7) is 6.47. The first kappa shape index (κ1) is 16.3. The van der Waals surface area contributed by atoms with Gasteiger partial charge in [-0.2, -0.15) is 17.0 Å². The molecule has 0 aliphatic carbocycles. The van der Waals surface area contributed by atoms with Gasteiger partial charge in [-0.3, -0.25) is 4.79 Å². The first-order chi connectivity index (χ1) is 7.71. The first-order valence-electron chi connectivity index (χ1n) is 5.65. The van der Waals surface area contributed by atoms with Crippen molar-refractivity contribution in [1.29, 1.82) is 0 Å². The van der Waals surface area contributed by atoms with Crippen molar-refractivity contribution in [2.24, 2.45) is 5.92 Å². The van der Waals surface area contributed by atoms with Gasteiger partial charge < -0.3 is 5.11 Å². The molecule has 7 heteroatoms. The molecule has 102 valence electrons. The summed E-state index contributed by atoms with van der Waals surface area (Å²) >= 11 is 0. The van der Waals surface area contributed by atoms with Gasteiger partial charge in [0.2, 0.25) is 0 Å². The molecule has 6 nitrogen and oxygen atoms in total. The van der Waals surface area contributed by atoms with Crippen molar-refractivity contribution in [3.8, 4) is 0 Å². The minimum atomic E-state index is -3.54. The van der Waals surface area contributed by atoms with E-state index in [4.69, 9.17) is 5.11 Å². The van der Waals surface area contributed by atoms with Gasteiger partial charge >= 0.3 is 5.97 Å². The SMILES string of the molecule is CCN(CC(C)C)S(=O)(=O)N(C)CCC(=O)O. The number of hydrogen-bond acceptors (Lipinski definition) is 3. The summed E-state index contributed by atoms with van der Waals surface area (Å²) in [6.07, 6.45) is -0.186. The molecule has 0 rings (SSSR count). The largest absolute Gasteiger partial charge is 0.481 e. The summed E-state index contributed by atoms with van der Waals surface area (Å²) in [5.41, 5.74) is 0. The van der Waals surface area contributed by atoms with Crippen LogP contribution < -0.4 is 0 Å². The van der Waals surface area contributed by atoms with Gasteiger partial charge in [-0.05, 0) is 5.92 Å². The molecule has 0 aromatic carbocycles. The Morgan fingerprint density at radius 3 is 2.24 bits per heavy atom.